The van der Waals surface area contributed by atoms with E-state index in [4.69, 9.17) is 11.6 Å². The lowest BCUT2D eigenvalue weighted by atomic mass is 10.1. The molecule has 6 nitrogen and oxygen atoms in total. The Hall–Kier alpha value is -2.64. The van der Waals surface area contributed by atoms with Crippen molar-refractivity contribution < 1.29 is 9.59 Å². The first-order valence-electron chi connectivity index (χ1n) is 9.93. The van der Waals surface area contributed by atoms with E-state index in [1.165, 1.54) is 18.3 Å². The second kappa shape index (κ2) is 9.02. The fraction of sp³-hybridized carbons (Fsp3) is 0.318. The van der Waals surface area contributed by atoms with Gasteiger partial charge in [-0.15, -0.1) is 0 Å². The zero-order valence-electron chi connectivity index (χ0n) is 16.7. The number of amides is 2. The van der Waals surface area contributed by atoms with Crippen LogP contribution in [0.5, 0.6) is 0 Å². The summed E-state index contributed by atoms with van der Waals surface area (Å²) in [6.45, 7) is 4.53. The molecular weight excluding hydrogens is 420 g/mol. The van der Waals surface area contributed by atoms with Crippen molar-refractivity contribution in [1.29, 1.82) is 0 Å². The smallest absolute Gasteiger partial charge is 0.223 e. The number of hydrogen-bond acceptors (Lipinski definition) is 5. The number of aryl methyl sites for hydroxylation is 1. The molecule has 2 heterocycles. The van der Waals surface area contributed by atoms with Crippen LogP contribution in [0.1, 0.15) is 18.9 Å². The summed E-state index contributed by atoms with van der Waals surface area (Å²) in [4.78, 5) is 32.5. The van der Waals surface area contributed by atoms with Gasteiger partial charge >= 0.3 is 0 Å². The summed E-state index contributed by atoms with van der Waals surface area (Å²) in [5.41, 5.74) is 3.06. The maximum Gasteiger partial charge on any atom is 0.223 e. The molecular formula is C22H23ClN4O2S. The number of hydrogen-bond donors (Lipinski definition) is 1. The van der Waals surface area contributed by atoms with Gasteiger partial charge in [0.2, 0.25) is 11.8 Å². The molecule has 1 N–H and O–H groups in total. The first kappa shape index (κ1) is 20.6. The van der Waals surface area contributed by atoms with Crippen LogP contribution in [0.15, 0.2) is 42.5 Å². The van der Waals surface area contributed by atoms with Gasteiger partial charge in [0, 0.05) is 50.2 Å². The third-order valence-corrected chi connectivity index (χ3v) is 6.34. The van der Waals surface area contributed by atoms with E-state index in [0.717, 1.165) is 52.7 Å². The highest BCUT2D eigenvalue weighted by molar-refractivity contribution is 7.22. The topological polar surface area (TPSA) is 65.5 Å². The largest absolute Gasteiger partial charge is 0.368 e. The number of thiazole rings is 1. The highest BCUT2D eigenvalue weighted by Gasteiger charge is 2.21. The third-order valence-electron chi connectivity index (χ3n) is 5.17. The molecule has 8 heteroatoms. The van der Waals surface area contributed by atoms with Gasteiger partial charge in [0.25, 0.3) is 0 Å². The van der Waals surface area contributed by atoms with Crippen molar-refractivity contribution in [3.8, 4) is 0 Å². The summed E-state index contributed by atoms with van der Waals surface area (Å²) in [6.07, 6.45) is 1.18. The van der Waals surface area contributed by atoms with Crippen molar-refractivity contribution >= 4 is 55.8 Å². The van der Waals surface area contributed by atoms with Crippen LogP contribution in [0.2, 0.25) is 5.02 Å². The number of rotatable bonds is 5. The van der Waals surface area contributed by atoms with Crippen molar-refractivity contribution in [1.82, 2.24) is 9.88 Å². The van der Waals surface area contributed by atoms with E-state index in [1.807, 2.05) is 35.2 Å². The number of carbonyl (C=O) groups excluding carboxylic acids is 2. The molecule has 4 rings (SSSR count). The quantitative estimate of drug-likeness (QED) is 0.643. The Labute approximate surface area is 184 Å². The molecule has 1 aromatic heterocycles. The number of benzene rings is 2. The van der Waals surface area contributed by atoms with Crippen molar-refractivity contribution in [2.24, 2.45) is 0 Å². The SMILES string of the molecule is CC(=O)Nc1nc2ccc(CCC(=O)N3CCN(c4cccc(Cl)c4)CC3)cc2s1. The van der Waals surface area contributed by atoms with Crippen LogP contribution >= 0.6 is 22.9 Å². The van der Waals surface area contributed by atoms with Crippen LogP contribution in [0.3, 0.4) is 0 Å². The molecule has 156 valence electrons. The van der Waals surface area contributed by atoms with E-state index in [2.05, 4.69) is 27.3 Å². The first-order valence-corrected chi connectivity index (χ1v) is 11.1. The Balaban J connectivity index is 1.31. The summed E-state index contributed by atoms with van der Waals surface area (Å²) in [7, 11) is 0. The predicted molar refractivity (Wildman–Crippen MR) is 122 cm³/mol. The van der Waals surface area contributed by atoms with Crippen LogP contribution in [0.4, 0.5) is 10.8 Å². The molecule has 1 fully saturated rings. The van der Waals surface area contributed by atoms with E-state index in [0.29, 0.717) is 18.0 Å². The number of halogens is 1. The van der Waals surface area contributed by atoms with Gasteiger partial charge in [0.05, 0.1) is 10.2 Å². The summed E-state index contributed by atoms with van der Waals surface area (Å²) in [5.74, 6) is 0.0550. The van der Waals surface area contributed by atoms with Gasteiger partial charge in [0.15, 0.2) is 5.13 Å². The zero-order valence-corrected chi connectivity index (χ0v) is 18.3. The first-order chi connectivity index (χ1) is 14.5. The Bertz CT molecular complexity index is 1080. The second-order valence-electron chi connectivity index (χ2n) is 7.35. The molecule has 2 aromatic carbocycles. The van der Waals surface area contributed by atoms with Gasteiger partial charge in [0.1, 0.15) is 0 Å². The lowest BCUT2D eigenvalue weighted by Gasteiger charge is -2.36. The number of nitrogens with zero attached hydrogens (tertiary/aromatic N) is 3. The standard InChI is InChI=1S/C22H23ClN4O2S/c1-15(28)24-22-25-19-7-5-16(13-20(19)30-22)6-8-21(29)27-11-9-26(10-12-27)18-4-2-3-17(23)14-18/h2-5,7,13-14H,6,8-12H2,1H3,(H,24,25,28). The maximum atomic E-state index is 12.7. The number of anilines is 2. The molecule has 0 saturated carbocycles. The Morgan fingerprint density at radius 3 is 2.67 bits per heavy atom. The molecule has 2 amide bonds. The van der Waals surface area contributed by atoms with Crippen LogP contribution < -0.4 is 10.2 Å². The maximum absolute atomic E-state index is 12.7. The Morgan fingerprint density at radius 2 is 1.93 bits per heavy atom. The van der Waals surface area contributed by atoms with E-state index in [9.17, 15) is 9.59 Å². The van der Waals surface area contributed by atoms with Gasteiger partial charge in [-0.3, -0.25) is 9.59 Å². The average molecular weight is 443 g/mol. The van der Waals surface area contributed by atoms with E-state index < -0.39 is 0 Å². The summed E-state index contributed by atoms with van der Waals surface area (Å²) in [5, 5.41) is 4.05. The highest BCUT2D eigenvalue weighted by atomic mass is 35.5. The van der Waals surface area contributed by atoms with Gasteiger partial charge in [-0.2, -0.15) is 0 Å². The molecule has 0 bridgehead atoms. The predicted octanol–water partition coefficient (Wildman–Crippen LogP) is 4.19. The molecule has 1 saturated heterocycles. The van der Waals surface area contributed by atoms with Crippen molar-refractivity contribution in [2.45, 2.75) is 19.8 Å². The van der Waals surface area contributed by atoms with Crippen LogP contribution in [0.25, 0.3) is 10.2 Å². The fourth-order valence-electron chi connectivity index (χ4n) is 3.62. The average Bonchev–Trinajstić information content (AvgIpc) is 3.13. The highest BCUT2D eigenvalue weighted by Crippen LogP contribution is 2.27. The monoisotopic (exact) mass is 442 g/mol. The zero-order chi connectivity index (χ0) is 21.1. The van der Waals surface area contributed by atoms with E-state index in [-0.39, 0.29) is 11.8 Å². The van der Waals surface area contributed by atoms with Crippen LogP contribution in [-0.2, 0) is 16.0 Å². The van der Waals surface area contributed by atoms with Crippen molar-refractivity contribution in [3.05, 3.63) is 53.1 Å². The lowest BCUT2D eigenvalue weighted by Crippen LogP contribution is -2.48. The lowest BCUT2D eigenvalue weighted by molar-refractivity contribution is -0.131. The van der Waals surface area contributed by atoms with Gasteiger partial charge in [-0.05, 0) is 42.3 Å². The van der Waals surface area contributed by atoms with Crippen LogP contribution in [0, 0.1) is 0 Å². The Morgan fingerprint density at radius 1 is 1.13 bits per heavy atom. The summed E-state index contributed by atoms with van der Waals surface area (Å²) in [6, 6.07) is 13.8. The summed E-state index contributed by atoms with van der Waals surface area (Å²) >= 11 is 7.54. The van der Waals surface area contributed by atoms with Gasteiger partial charge < -0.3 is 15.1 Å². The number of fused-ring (bicyclic) bond motifs is 1. The normalized spacial score (nSPS) is 14.2. The van der Waals surface area contributed by atoms with Gasteiger partial charge in [-0.25, -0.2) is 4.98 Å². The number of piperazine rings is 1. The molecule has 3 aromatic rings. The summed E-state index contributed by atoms with van der Waals surface area (Å²) < 4.78 is 1.01. The second-order valence-corrected chi connectivity index (χ2v) is 8.82. The van der Waals surface area contributed by atoms with Crippen molar-refractivity contribution in [3.63, 3.8) is 0 Å². The van der Waals surface area contributed by atoms with Gasteiger partial charge in [-0.1, -0.05) is 35.1 Å². The molecule has 0 unspecified atom stereocenters. The molecule has 0 atom stereocenters. The fourth-order valence-corrected chi connectivity index (χ4v) is 4.78. The molecule has 30 heavy (non-hydrogen) atoms. The minimum Gasteiger partial charge on any atom is -0.368 e. The molecule has 0 radical (unpaired) electrons. The minimum absolute atomic E-state index is 0.129. The molecule has 0 aliphatic carbocycles. The molecule has 1 aliphatic heterocycles. The number of nitrogens with one attached hydrogen (secondary N) is 1. The van der Waals surface area contributed by atoms with Crippen LogP contribution in [-0.4, -0.2) is 47.9 Å². The van der Waals surface area contributed by atoms with Crippen molar-refractivity contribution in [2.75, 3.05) is 36.4 Å². The van der Waals surface area contributed by atoms with E-state index >= 15 is 0 Å². The molecule has 1 aliphatic rings. The Kier molecular flexibility index (Phi) is 6.20. The van der Waals surface area contributed by atoms with E-state index in [1.54, 1.807) is 0 Å². The minimum atomic E-state index is -0.129. The number of aromatic nitrogens is 1. The molecule has 0 spiro atoms. The third kappa shape index (κ3) is 4.91. The number of carbonyl (C=O) groups is 2.